The first-order valence-electron chi connectivity index (χ1n) is 7.20. The Balaban J connectivity index is 1.95. The van der Waals surface area contributed by atoms with Crippen LogP contribution in [0.3, 0.4) is 0 Å². The summed E-state index contributed by atoms with van der Waals surface area (Å²) in [6.07, 6.45) is 0.815. The van der Waals surface area contributed by atoms with E-state index < -0.39 is 0 Å². The number of pyridine rings is 1. The highest BCUT2D eigenvalue weighted by Gasteiger charge is 2.17. The Kier molecular flexibility index (Phi) is 3.98. The fourth-order valence-corrected chi connectivity index (χ4v) is 2.59. The van der Waals surface area contributed by atoms with Crippen molar-refractivity contribution in [2.45, 2.75) is 33.2 Å². The van der Waals surface area contributed by atoms with Gasteiger partial charge in [-0.2, -0.15) is 4.98 Å². The molecule has 114 valence electrons. The normalized spacial score (nSPS) is 12.5. The molecule has 2 aromatic heterocycles. The monoisotopic (exact) mass is 316 g/mol. The zero-order chi connectivity index (χ0) is 15.7. The highest BCUT2D eigenvalue weighted by atomic mass is 35.5. The first-order chi connectivity index (χ1) is 10.6. The summed E-state index contributed by atoms with van der Waals surface area (Å²) in [5.74, 6) is 1.98. The second-order valence-corrected chi connectivity index (χ2v) is 5.71. The maximum atomic E-state index is 6.06. The van der Waals surface area contributed by atoms with Gasteiger partial charge in [-0.3, -0.25) is 0 Å². The minimum absolute atomic E-state index is 0.0651. The van der Waals surface area contributed by atoms with Gasteiger partial charge in [0.25, 0.3) is 0 Å². The van der Waals surface area contributed by atoms with Crippen LogP contribution in [0.25, 0.3) is 10.9 Å². The average molecular weight is 317 g/mol. The van der Waals surface area contributed by atoms with Gasteiger partial charge in [0.1, 0.15) is 11.9 Å². The quantitative estimate of drug-likeness (QED) is 0.770. The van der Waals surface area contributed by atoms with E-state index in [2.05, 4.69) is 34.3 Å². The average Bonchev–Trinajstić information content (AvgIpc) is 2.90. The third-order valence-corrected chi connectivity index (χ3v) is 3.79. The molecular weight excluding hydrogens is 300 g/mol. The molecule has 0 aliphatic rings. The molecule has 5 nitrogen and oxygen atoms in total. The maximum absolute atomic E-state index is 6.06. The molecule has 1 unspecified atom stereocenters. The van der Waals surface area contributed by atoms with Crippen molar-refractivity contribution in [2.75, 3.05) is 5.32 Å². The molecule has 1 aromatic carbocycles. The molecule has 6 heteroatoms. The maximum Gasteiger partial charge on any atom is 0.249 e. The van der Waals surface area contributed by atoms with Crippen LogP contribution in [0, 0.1) is 13.8 Å². The number of benzene rings is 1. The lowest BCUT2D eigenvalue weighted by Gasteiger charge is -2.15. The molecule has 0 aliphatic heterocycles. The third kappa shape index (κ3) is 2.90. The molecule has 0 saturated carbocycles. The smallest absolute Gasteiger partial charge is 0.249 e. The van der Waals surface area contributed by atoms with Gasteiger partial charge in [-0.1, -0.05) is 29.7 Å². The zero-order valence-electron chi connectivity index (χ0n) is 12.7. The van der Waals surface area contributed by atoms with Crippen molar-refractivity contribution >= 4 is 28.3 Å². The van der Waals surface area contributed by atoms with Crippen LogP contribution in [-0.2, 0) is 0 Å². The third-order valence-electron chi connectivity index (χ3n) is 3.55. The number of nitrogens with zero attached hydrogens (tertiary/aromatic N) is 3. The summed E-state index contributed by atoms with van der Waals surface area (Å²) in [7, 11) is 0. The molecule has 22 heavy (non-hydrogen) atoms. The van der Waals surface area contributed by atoms with Gasteiger partial charge in [0.05, 0.1) is 5.52 Å². The van der Waals surface area contributed by atoms with Crippen molar-refractivity contribution in [3.63, 3.8) is 0 Å². The summed E-state index contributed by atoms with van der Waals surface area (Å²) in [4.78, 5) is 8.92. The van der Waals surface area contributed by atoms with Gasteiger partial charge in [0, 0.05) is 10.4 Å². The lowest BCUT2D eigenvalue weighted by Crippen LogP contribution is -2.11. The van der Waals surface area contributed by atoms with Crippen molar-refractivity contribution in [3.05, 3.63) is 46.6 Å². The number of aromatic nitrogens is 3. The molecule has 2 heterocycles. The van der Waals surface area contributed by atoms with Crippen molar-refractivity contribution in [1.82, 2.24) is 15.1 Å². The number of halogens is 1. The molecule has 0 saturated heterocycles. The number of nitrogens with one attached hydrogen (secondary N) is 1. The molecule has 3 rings (SSSR count). The molecule has 0 radical (unpaired) electrons. The zero-order valence-corrected chi connectivity index (χ0v) is 13.5. The Morgan fingerprint density at radius 2 is 2.05 bits per heavy atom. The van der Waals surface area contributed by atoms with Crippen LogP contribution in [0.4, 0.5) is 5.82 Å². The van der Waals surface area contributed by atoms with E-state index in [1.54, 1.807) is 6.92 Å². The first kappa shape index (κ1) is 14.8. The SMILES string of the molecule is CCC(Nc1cc(C)c2ccc(Cl)cc2n1)c1nc(C)no1. The summed E-state index contributed by atoms with van der Waals surface area (Å²) >= 11 is 6.06. The molecule has 0 aliphatic carbocycles. The Morgan fingerprint density at radius 3 is 2.73 bits per heavy atom. The minimum atomic E-state index is -0.0651. The van der Waals surface area contributed by atoms with Crippen LogP contribution < -0.4 is 5.32 Å². The fraction of sp³-hybridized carbons (Fsp3) is 0.312. The lowest BCUT2D eigenvalue weighted by molar-refractivity contribution is 0.356. The predicted octanol–water partition coefficient (Wildman–Crippen LogP) is 4.45. The molecule has 0 fully saturated rings. The predicted molar refractivity (Wildman–Crippen MR) is 87.2 cm³/mol. The van der Waals surface area contributed by atoms with Gasteiger partial charge in [-0.05, 0) is 44.0 Å². The second kappa shape index (κ2) is 5.93. The fourth-order valence-electron chi connectivity index (χ4n) is 2.42. The van der Waals surface area contributed by atoms with Crippen LogP contribution in [-0.4, -0.2) is 15.1 Å². The Morgan fingerprint density at radius 1 is 1.23 bits per heavy atom. The van der Waals surface area contributed by atoms with E-state index in [0.717, 1.165) is 28.7 Å². The summed E-state index contributed by atoms with van der Waals surface area (Å²) < 4.78 is 5.25. The summed E-state index contributed by atoms with van der Waals surface area (Å²) in [6, 6.07) is 7.68. The van der Waals surface area contributed by atoms with Gasteiger partial charge in [0.15, 0.2) is 5.82 Å². The Hall–Kier alpha value is -2.14. The highest BCUT2D eigenvalue weighted by Crippen LogP contribution is 2.26. The molecule has 1 atom stereocenters. The highest BCUT2D eigenvalue weighted by molar-refractivity contribution is 6.31. The topological polar surface area (TPSA) is 63.8 Å². The second-order valence-electron chi connectivity index (χ2n) is 5.27. The number of hydrogen-bond donors (Lipinski definition) is 1. The number of fused-ring (bicyclic) bond motifs is 1. The van der Waals surface area contributed by atoms with Gasteiger partial charge in [0.2, 0.25) is 5.89 Å². The lowest BCUT2D eigenvalue weighted by atomic mass is 10.1. The summed E-state index contributed by atoms with van der Waals surface area (Å²) in [5.41, 5.74) is 2.01. The number of rotatable bonds is 4. The van der Waals surface area contributed by atoms with E-state index in [4.69, 9.17) is 16.1 Å². The van der Waals surface area contributed by atoms with E-state index >= 15 is 0 Å². The van der Waals surface area contributed by atoms with E-state index in [0.29, 0.717) is 16.7 Å². The molecule has 1 N–H and O–H groups in total. The number of hydrogen-bond acceptors (Lipinski definition) is 5. The molecule has 3 aromatic rings. The summed E-state index contributed by atoms with van der Waals surface area (Å²) in [5, 5.41) is 8.97. The first-order valence-corrected chi connectivity index (χ1v) is 7.58. The van der Waals surface area contributed by atoms with Gasteiger partial charge in [-0.15, -0.1) is 0 Å². The molecular formula is C16H17ClN4O. The summed E-state index contributed by atoms with van der Waals surface area (Å²) in [6.45, 7) is 5.92. The molecule has 0 spiro atoms. The van der Waals surface area contributed by atoms with Crippen molar-refractivity contribution in [3.8, 4) is 0 Å². The molecule has 0 bridgehead atoms. The minimum Gasteiger partial charge on any atom is -0.358 e. The van der Waals surface area contributed by atoms with Crippen molar-refractivity contribution < 1.29 is 4.52 Å². The van der Waals surface area contributed by atoms with Gasteiger partial charge < -0.3 is 9.84 Å². The van der Waals surface area contributed by atoms with Crippen LogP contribution in [0.15, 0.2) is 28.8 Å². The van der Waals surface area contributed by atoms with Crippen LogP contribution >= 0.6 is 11.6 Å². The van der Waals surface area contributed by atoms with E-state index in [1.807, 2.05) is 24.3 Å². The molecule has 0 amide bonds. The standard InChI is InChI=1S/C16H17ClN4O/c1-4-13(16-18-10(3)21-22-16)19-15-7-9(2)12-6-5-11(17)8-14(12)20-15/h5-8,13H,4H2,1-3H3,(H,19,20). The van der Waals surface area contributed by atoms with Crippen LogP contribution in [0.5, 0.6) is 0 Å². The Labute approximate surface area is 133 Å². The van der Waals surface area contributed by atoms with E-state index in [1.165, 1.54) is 0 Å². The van der Waals surface area contributed by atoms with Crippen molar-refractivity contribution in [1.29, 1.82) is 0 Å². The van der Waals surface area contributed by atoms with Crippen molar-refractivity contribution in [2.24, 2.45) is 0 Å². The van der Waals surface area contributed by atoms with Gasteiger partial charge in [-0.25, -0.2) is 4.98 Å². The van der Waals surface area contributed by atoms with E-state index in [-0.39, 0.29) is 6.04 Å². The number of anilines is 1. The van der Waals surface area contributed by atoms with E-state index in [9.17, 15) is 0 Å². The largest absolute Gasteiger partial charge is 0.358 e. The van der Waals surface area contributed by atoms with Gasteiger partial charge >= 0.3 is 0 Å². The Bertz CT molecular complexity index is 815. The van der Waals surface area contributed by atoms with Crippen LogP contribution in [0.2, 0.25) is 5.02 Å². The number of aryl methyl sites for hydroxylation is 2. The van der Waals surface area contributed by atoms with Crippen LogP contribution in [0.1, 0.15) is 36.7 Å².